The Labute approximate surface area is 194 Å². The quantitative estimate of drug-likeness (QED) is 0.629. The molecule has 1 spiro atoms. The SMILES string of the molecule is CC.CC.CN1C(=O)C2(CCN(C(=O)c3ccccc3)CC2)N(c2ccccc2)C1(C)C. The molecule has 0 aliphatic carbocycles. The molecule has 174 valence electrons. The van der Waals surface area contributed by atoms with Crippen molar-refractivity contribution in [1.29, 1.82) is 0 Å². The number of likely N-dealkylation sites (N-methyl/N-ethyl adjacent to an activating group) is 1. The van der Waals surface area contributed by atoms with Gasteiger partial charge in [-0.1, -0.05) is 64.1 Å². The summed E-state index contributed by atoms with van der Waals surface area (Å²) in [4.78, 5) is 32.3. The van der Waals surface area contributed by atoms with Crippen molar-refractivity contribution in [2.45, 2.75) is 65.6 Å². The number of para-hydroxylation sites is 1. The number of likely N-dealkylation sites (tertiary alicyclic amines) is 1. The first kappa shape index (κ1) is 25.4. The number of hydrogen-bond acceptors (Lipinski definition) is 3. The predicted molar refractivity (Wildman–Crippen MR) is 133 cm³/mol. The molecule has 2 aromatic carbocycles. The molecule has 2 aliphatic heterocycles. The molecule has 4 rings (SSSR count). The third-order valence-corrected chi connectivity index (χ3v) is 6.41. The van der Waals surface area contributed by atoms with Gasteiger partial charge in [0.2, 0.25) is 5.91 Å². The van der Waals surface area contributed by atoms with E-state index in [0.717, 1.165) is 5.69 Å². The van der Waals surface area contributed by atoms with Crippen LogP contribution in [0.3, 0.4) is 0 Å². The van der Waals surface area contributed by atoms with Gasteiger partial charge >= 0.3 is 0 Å². The van der Waals surface area contributed by atoms with Gasteiger partial charge < -0.3 is 14.7 Å². The van der Waals surface area contributed by atoms with Crippen molar-refractivity contribution in [2.24, 2.45) is 0 Å². The Hall–Kier alpha value is -2.82. The lowest BCUT2D eigenvalue weighted by atomic mass is 9.84. The Morgan fingerprint density at radius 3 is 1.78 bits per heavy atom. The fourth-order valence-electron chi connectivity index (χ4n) is 4.75. The second kappa shape index (κ2) is 10.7. The molecule has 2 aromatic rings. The van der Waals surface area contributed by atoms with Gasteiger partial charge in [0, 0.05) is 31.4 Å². The summed E-state index contributed by atoms with van der Waals surface area (Å²) in [5.41, 5.74) is 0.721. The second-order valence-electron chi connectivity index (χ2n) is 8.22. The lowest BCUT2D eigenvalue weighted by Crippen LogP contribution is -2.60. The number of rotatable bonds is 2. The van der Waals surface area contributed by atoms with Crippen LogP contribution in [0.15, 0.2) is 60.7 Å². The molecule has 0 atom stereocenters. The van der Waals surface area contributed by atoms with E-state index in [-0.39, 0.29) is 11.8 Å². The molecular weight excluding hydrogens is 398 g/mol. The van der Waals surface area contributed by atoms with Gasteiger partial charge in [0.1, 0.15) is 11.2 Å². The Balaban J connectivity index is 0.000000860. The molecule has 0 unspecified atom stereocenters. The number of carbonyl (C=O) groups is 2. The number of amides is 2. The van der Waals surface area contributed by atoms with Crippen molar-refractivity contribution >= 4 is 17.5 Å². The third kappa shape index (κ3) is 4.38. The van der Waals surface area contributed by atoms with Crippen LogP contribution in [-0.2, 0) is 4.79 Å². The average molecular weight is 438 g/mol. The highest BCUT2D eigenvalue weighted by molar-refractivity contribution is 5.97. The van der Waals surface area contributed by atoms with E-state index in [9.17, 15) is 9.59 Å². The number of benzene rings is 2. The molecule has 2 amide bonds. The lowest BCUT2D eigenvalue weighted by molar-refractivity contribution is -0.134. The number of nitrogens with zero attached hydrogens (tertiary/aromatic N) is 3. The highest BCUT2D eigenvalue weighted by Crippen LogP contribution is 2.46. The van der Waals surface area contributed by atoms with E-state index in [1.54, 1.807) is 0 Å². The maximum absolute atomic E-state index is 13.4. The van der Waals surface area contributed by atoms with Gasteiger partial charge in [-0.3, -0.25) is 9.59 Å². The van der Waals surface area contributed by atoms with Crippen LogP contribution in [-0.4, -0.2) is 53.0 Å². The molecule has 2 aliphatic rings. The van der Waals surface area contributed by atoms with E-state index in [2.05, 4.69) is 30.9 Å². The van der Waals surface area contributed by atoms with Crippen LogP contribution in [0.5, 0.6) is 0 Å². The summed E-state index contributed by atoms with van der Waals surface area (Å²) in [6, 6.07) is 19.5. The second-order valence-corrected chi connectivity index (χ2v) is 8.22. The van der Waals surface area contributed by atoms with Crippen LogP contribution in [0, 0.1) is 0 Å². The zero-order valence-corrected chi connectivity index (χ0v) is 20.8. The maximum atomic E-state index is 13.4. The molecule has 2 saturated heterocycles. The van der Waals surface area contributed by atoms with Crippen molar-refractivity contribution < 1.29 is 9.59 Å². The van der Waals surface area contributed by atoms with E-state index in [1.165, 1.54) is 0 Å². The summed E-state index contributed by atoms with van der Waals surface area (Å²) < 4.78 is 0. The topological polar surface area (TPSA) is 43.9 Å². The summed E-state index contributed by atoms with van der Waals surface area (Å²) >= 11 is 0. The Morgan fingerprint density at radius 2 is 1.28 bits per heavy atom. The number of hydrogen-bond donors (Lipinski definition) is 0. The van der Waals surface area contributed by atoms with Gasteiger partial charge in [-0.25, -0.2) is 0 Å². The van der Waals surface area contributed by atoms with E-state index < -0.39 is 11.2 Å². The number of piperidine rings is 1. The van der Waals surface area contributed by atoms with Crippen LogP contribution in [0.4, 0.5) is 5.69 Å². The summed E-state index contributed by atoms with van der Waals surface area (Å²) in [6.07, 6.45) is 1.26. The monoisotopic (exact) mass is 437 g/mol. The van der Waals surface area contributed by atoms with E-state index in [1.807, 2.05) is 93.1 Å². The Bertz CT molecular complexity index is 872. The van der Waals surface area contributed by atoms with E-state index in [0.29, 0.717) is 31.5 Å². The molecule has 5 nitrogen and oxygen atoms in total. The molecule has 0 radical (unpaired) electrons. The smallest absolute Gasteiger partial charge is 0.253 e. The zero-order valence-electron chi connectivity index (χ0n) is 20.8. The van der Waals surface area contributed by atoms with Gasteiger partial charge in [0.15, 0.2) is 0 Å². The molecule has 0 N–H and O–H groups in total. The fourth-order valence-corrected chi connectivity index (χ4v) is 4.75. The molecule has 5 heteroatoms. The first-order valence-electron chi connectivity index (χ1n) is 11.9. The van der Waals surface area contributed by atoms with Gasteiger partial charge in [0.05, 0.1) is 0 Å². The first-order valence-corrected chi connectivity index (χ1v) is 11.9. The largest absolute Gasteiger partial charge is 0.338 e. The minimum absolute atomic E-state index is 0.0415. The van der Waals surface area contributed by atoms with Crippen LogP contribution >= 0.6 is 0 Å². The van der Waals surface area contributed by atoms with Crippen molar-refractivity contribution in [3.63, 3.8) is 0 Å². The van der Waals surface area contributed by atoms with E-state index in [4.69, 9.17) is 0 Å². The molecule has 0 aromatic heterocycles. The van der Waals surface area contributed by atoms with Crippen molar-refractivity contribution in [3.8, 4) is 0 Å². The summed E-state index contributed by atoms with van der Waals surface area (Å²) in [7, 11) is 1.88. The van der Waals surface area contributed by atoms with Crippen molar-refractivity contribution in [1.82, 2.24) is 9.80 Å². The molecule has 2 fully saturated rings. The van der Waals surface area contributed by atoms with Crippen LogP contribution in [0.25, 0.3) is 0 Å². The number of anilines is 1. The van der Waals surface area contributed by atoms with Gasteiger partial charge in [-0.05, 0) is 51.0 Å². The third-order valence-electron chi connectivity index (χ3n) is 6.41. The van der Waals surface area contributed by atoms with Crippen LogP contribution in [0.1, 0.15) is 64.7 Å². The lowest BCUT2D eigenvalue weighted by Gasteiger charge is -2.47. The zero-order chi connectivity index (χ0) is 23.9. The minimum atomic E-state index is -0.604. The standard InChI is InChI=1S/C23H27N3O2.2C2H6/c1-22(2)24(3)21(28)23(26(22)19-12-8-5-9-13-19)14-16-25(17-15-23)20(27)18-10-6-4-7-11-18;2*1-2/h4-13H,14-17H2,1-3H3;2*1-2H3. The van der Waals surface area contributed by atoms with Crippen LogP contribution in [0.2, 0.25) is 0 Å². The Morgan fingerprint density at radius 1 is 0.812 bits per heavy atom. The highest BCUT2D eigenvalue weighted by Gasteiger charge is 2.60. The Kier molecular flexibility index (Phi) is 8.48. The molecule has 0 saturated carbocycles. The molecule has 2 heterocycles. The first-order chi connectivity index (χ1) is 15.4. The summed E-state index contributed by atoms with van der Waals surface area (Å²) in [5.74, 6) is 0.188. The summed E-state index contributed by atoms with van der Waals surface area (Å²) in [6.45, 7) is 13.3. The highest BCUT2D eigenvalue weighted by atomic mass is 16.2. The van der Waals surface area contributed by atoms with Crippen molar-refractivity contribution in [3.05, 3.63) is 66.2 Å². The maximum Gasteiger partial charge on any atom is 0.253 e. The van der Waals surface area contributed by atoms with E-state index >= 15 is 0 Å². The summed E-state index contributed by atoms with van der Waals surface area (Å²) in [5, 5.41) is 0. The van der Waals surface area contributed by atoms with Gasteiger partial charge in [0.25, 0.3) is 5.91 Å². The minimum Gasteiger partial charge on any atom is -0.338 e. The predicted octanol–water partition coefficient (Wildman–Crippen LogP) is 5.43. The van der Waals surface area contributed by atoms with Crippen molar-refractivity contribution in [2.75, 3.05) is 25.0 Å². The average Bonchev–Trinajstić information content (AvgIpc) is 3.00. The normalized spacial score (nSPS) is 18.5. The molecular formula is C27H39N3O2. The van der Waals surface area contributed by atoms with Crippen LogP contribution < -0.4 is 4.90 Å². The molecule has 32 heavy (non-hydrogen) atoms. The van der Waals surface area contributed by atoms with Gasteiger partial charge in [-0.2, -0.15) is 0 Å². The number of carbonyl (C=O) groups excluding carboxylic acids is 2. The van der Waals surface area contributed by atoms with Gasteiger partial charge in [-0.15, -0.1) is 0 Å². The fraction of sp³-hybridized carbons (Fsp3) is 0.481. The molecule has 0 bridgehead atoms.